The van der Waals surface area contributed by atoms with Crippen molar-refractivity contribution in [3.8, 4) is 0 Å². The predicted octanol–water partition coefficient (Wildman–Crippen LogP) is 3.43. The lowest BCUT2D eigenvalue weighted by molar-refractivity contribution is 0.0383. The van der Waals surface area contributed by atoms with E-state index >= 15 is 0 Å². The molecule has 0 aliphatic carbocycles. The number of sulfonamides is 1. The Bertz CT molecular complexity index is 780. The fourth-order valence-electron chi connectivity index (χ4n) is 2.52. The molecule has 1 fully saturated rings. The Morgan fingerprint density at radius 1 is 1.19 bits per heavy atom. The fourth-order valence-corrected chi connectivity index (χ4v) is 6.38. The van der Waals surface area contributed by atoms with Crippen LogP contribution in [0.2, 0.25) is 0 Å². The van der Waals surface area contributed by atoms with Crippen molar-refractivity contribution in [1.29, 1.82) is 0 Å². The van der Waals surface area contributed by atoms with E-state index in [1.165, 1.54) is 12.1 Å². The van der Waals surface area contributed by atoms with Crippen LogP contribution in [-0.4, -0.2) is 51.3 Å². The summed E-state index contributed by atoms with van der Waals surface area (Å²) in [6, 6.07) is 8.00. The van der Waals surface area contributed by atoms with Gasteiger partial charge in [-0.1, -0.05) is 18.2 Å². The molecule has 0 radical (unpaired) electrons. The van der Waals surface area contributed by atoms with Gasteiger partial charge in [0.2, 0.25) is 0 Å². The summed E-state index contributed by atoms with van der Waals surface area (Å²) in [5.74, 6) is 0. The molecule has 1 aromatic carbocycles. The Hall–Kier alpha value is -0.480. The van der Waals surface area contributed by atoms with Gasteiger partial charge in [-0.3, -0.25) is 4.90 Å². The second kappa shape index (κ2) is 9.14. The quantitative estimate of drug-likeness (QED) is 0.729. The molecule has 11 heteroatoms. The van der Waals surface area contributed by atoms with Crippen LogP contribution in [0.1, 0.15) is 6.42 Å². The topological polar surface area (TPSA) is 71.0 Å². The van der Waals surface area contributed by atoms with Gasteiger partial charge >= 0.3 is 0 Å². The Balaban J connectivity index is 0.00000243. The number of nitrogens with one attached hydrogen (secondary N) is 1. The standard InChI is InChI=1S/C15H19Cl2N3O3S2.ClH/c16-24(17)12-13(6-7-20-8-10-23-11-9-20)18-15(24)19-25(21,22)14-4-2-1-3-5-14;/h1-5,12H,6-11H2,(H,18,19);1H. The lowest BCUT2D eigenvalue weighted by Crippen LogP contribution is -2.37. The molecule has 0 spiro atoms. The van der Waals surface area contributed by atoms with Gasteiger partial charge in [0.1, 0.15) is 0 Å². The van der Waals surface area contributed by atoms with Crippen LogP contribution in [0.15, 0.2) is 50.7 Å². The molecule has 3 rings (SSSR count). The van der Waals surface area contributed by atoms with Crippen LogP contribution >= 0.6 is 42.2 Å². The number of benzene rings is 1. The van der Waals surface area contributed by atoms with Crippen molar-refractivity contribution in [2.45, 2.75) is 11.3 Å². The Morgan fingerprint density at radius 2 is 1.85 bits per heavy atom. The number of halogens is 3. The molecular formula is C15H20Cl3N3O3S2. The van der Waals surface area contributed by atoms with Crippen LogP contribution in [0.25, 0.3) is 0 Å². The molecule has 1 aromatic rings. The van der Waals surface area contributed by atoms with Gasteiger partial charge in [0.25, 0.3) is 10.0 Å². The molecule has 26 heavy (non-hydrogen) atoms. The Kier molecular flexibility index (Phi) is 7.67. The van der Waals surface area contributed by atoms with Gasteiger partial charge in [-0.05, 0) is 42.0 Å². The van der Waals surface area contributed by atoms with Gasteiger partial charge in [-0.2, -0.15) is 8.42 Å². The molecule has 1 N–H and O–H groups in total. The molecule has 6 nitrogen and oxygen atoms in total. The third-order valence-electron chi connectivity index (χ3n) is 3.86. The van der Waals surface area contributed by atoms with E-state index in [1.807, 2.05) is 0 Å². The van der Waals surface area contributed by atoms with E-state index in [-0.39, 0.29) is 22.5 Å². The molecule has 146 valence electrons. The third kappa shape index (κ3) is 5.51. The minimum absolute atomic E-state index is 0. The van der Waals surface area contributed by atoms with Crippen molar-refractivity contribution in [2.24, 2.45) is 4.40 Å². The summed E-state index contributed by atoms with van der Waals surface area (Å²) in [6.45, 7) is 4.06. The first-order valence-electron chi connectivity index (χ1n) is 7.77. The van der Waals surface area contributed by atoms with Crippen molar-refractivity contribution >= 4 is 57.4 Å². The summed E-state index contributed by atoms with van der Waals surface area (Å²) in [4.78, 5) is 2.39. The van der Waals surface area contributed by atoms with Gasteiger partial charge in [-0.15, -0.1) is 16.8 Å². The SMILES string of the molecule is Cl.O=S(=O)(/N=C1\NC(CCN2CCOCC2)=CS1(Cl)Cl)c1ccccc1. The normalized spacial score (nSPS) is 23.0. The highest BCUT2D eigenvalue weighted by atomic mass is 36.0. The van der Waals surface area contributed by atoms with E-state index in [2.05, 4.69) is 14.6 Å². The van der Waals surface area contributed by atoms with E-state index in [4.69, 9.17) is 26.1 Å². The Morgan fingerprint density at radius 3 is 2.50 bits per heavy atom. The van der Waals surface area contributed by atoms with E-state index in [1.54, 1.807) is 23.6 Å². The molecule has 2 aliphatic heterocycles. The zero-order valence-electron chi connectivity index (χ0n) is 13.8. The first-order chi connectivity index (χ1) is 11.9. The van der Waals surface area contributed by atoms with E-state index in [9.17, 15) is 8.42 Å². The van der Waals surface area contributed by atoms with Gasteiger partial charge in [0.05, 0.1) is 18.1 Å². The number of hydrogen-bond donors (Lipinski definition) is 1. The highest BCUT2D eigenvalue weighted by Crippen LogP contribution is 2.63. The summed E-state index contributed by atoms with van der Waals surface area (Å²) in [5.41, 5.74) is 0.800. The molecule has 0 bridgehead atoms. The lowest BCUT2D eigenvalue weighted by Gasteiger charge is -2.26. The van der Waals surface area contributed by atoms with Gasteiger partial charge in [-0.25, -0.2) is 0 Å². The largest absolute Gasteiger partial charge is 0.379 e. The summed E-state index contributed by atoms with van der Waals surface area (Å²) in [5, 5.41) is 4.78. The lowest BCUT2D eigenvalue weighted by atomic mass is 10.3. The number of morpholine rings is 1. The van der Waals surface area contributed by atoms with Crippen LogP contribution in [0.4, 0.5) is 0 Å². The first kappa shape index (κ1) is 21.8. The number of nitrogens with zero attached hydrogens (tertiary/aromatic N) is 2. The molecule has 0 aromatic heterocycles. The average molecular weight is 461 g/mol. The number of ether oxygens (including phenoxy) is 1. The highest BCUT2D eigenvalue weighted by Gasteiger charge is 2.33. The zero-order chi connectivity index (χ0) is 17.9. The van der Waals surface area contributed by atoms with Crippen LogP contribution in [0, 0.1) is 0 Å². The molecule has 0 amide bonds. The summed E-state index contributed by atoms with van der Waals surface area (Å²) in [7, 11) is 6.36. The second-order valence-electron chi connectivity index (χ2n) is 5.67. The maximum absolute atomic E-state index is 12.4. The minimum Gasteiger partial charge on any atom is -0.379 e. The number of hydrogen-bond acceptors (Lipinski definition) is 4. The molecule has 0 atom stereocenters. The smallest absolute Gasteiger partial charge is 0.284 e. The van der Waals surface area contributed by atoms with Crippen LogP contribution in [0.5, 0.6) is 0 Å². The number of rotatable bonds is 5. The zero-order valence-corrected chi connectivity index (χ0v) is 17.8. The third-order valence-corrected chi connectivity index (χ3v) is 7.97. The molecule has 0 saturated carbocycles. The minimum atomic E-state index is -3.86. The van der Waals surface area contributed by atoms with E-state index in [0.717, 1.165) is 38.5 Å². The fraction of sp³-hybridized carbons (Fsp3) is 0.400. The molecular weight excluding hydrogens is 441 g/mol. The molecule has 2 heterocycles. The highest BCUT2D eigenvalue weighted by molar-refractivity contribution is 8.76. The van der Waals surface area contributed by atoms with E-state index < -0.39 is 18.5 Å². The first-order valence-corrected chi connectivity index (χ1v) is 12.6. The van der Waals surface area contributed by atoms with Crippen molar-refractivity contribution in [3.05, 3.63) is 41.4 Å². The second-order valence-corrected chi connectivity index (χ2v) is 12.3. The maximum Gasteiger partial charge on any atom is 0.284 e. The molecule has 0 unspecified atom stereocenters. The number of amidine groups is 1. The monoisotopic (exact) mass is 459 g/mol. The van der Waals surface area contributed by atoms with Crippen molar-refractivity contribution in [3.63, 3.8) is 0 Å². The summed E-state index contributed by atoms with van der Waals surface area (Å²) >= 11 is 0. The van der Waals surface area contributed by atoms with Crippen molar-refractivity contribution < 1.29 is 13.2 Å². The van der Waals surface area contributed by atoms with Gasteiger partial charge in [0, 0.05) is 37.2 Å². The average Bonchev–Trinajstić information content (AvgIpc) is 2.88. The van der Waals surface area contributed by atoms with Crippen LogP contribution in [0.3, 0.4) is 0 Å². The molecule has 2 aliphatic rings. The Labute approximate surface area is 170 Å². The van der Waals surface area contributed by atoms with Crippen molar-refractivity contribution in [2.75, 3.05) is 32.8 Å². The van der Waals surface area contributed by atoms with Crippen LogP contribution < -0.4 is 5.32 Å². The predicted molar refractivity (Wildman–Crippen MR) is 111 cm³/mol. The summed E-state index contributed by atoms with van der Waals surface area (Å²) in [6.07, 6.45) is 0.693. The van der Waals surface area contributed by atoms with Gasteiger partial charge in [0.15, 0.2) is 5.17 Å². The maximum atomic E-state index is 12.4. The van der Waals surface area contributed by atoms with E-state index in [0.29, 0.717) is 6.42 Å². The van der Waals surface area contributed by atoms with Crippen molar-refractivity contribution in [1.82, 2.24) is 10.2 Å². The summed E-state index contributed by atoms with van der Waals surface area (Å²) < 4.78 is 34.0. The molecule has 1 saturated heterocycles. The van der Waals surface area contributed by atoms with Gasteiger partial charge < -0.3 is 10.1 Å². The van der Waals surface area contributed by atoms with Crippen LogP contribution in [-0.2, 0) is 14.8 Å².